The van der Waals surface area contributed by atoms with Crippen LogP contribution in [0, 0.1) is 0 Å². The van der Waals surface area contributed by atoms with E-state index < -0.39 is 0 Å². The van der Waals surface area contributed by atoms with Gasteiger partial charge in [-0.15, -0.1) is 0 Å². The van der Waals surface area contributed by atoms with E-state index in [1.165, 1.54) is 18.3 Å². The van der Waals surface area contributed by atoms with Crippen LogP contribution >= 0.6 is 11.3 Å². The van der Waals surface area contributed by atoms with E-state index in [-0.39, 0.29) is 18.1 Å². The standard InChI is InChI=1S/C16H21N5O2S/c1-10(22)18-14-7-6-11(9-17-14)15-20-21(2)16(24-15)19-12-4-3-5-13(23)8-12/h6-7,9,12-13,23H,3-5,8H2,1-2H3,(H,17,18,22)/t12?,13-/m1/s1. The van der Waals surface area contributed by atoms with Crippen LogP contribution in [0.25, 0.3) is 10.6 Å². The molecule has 0 saturated heterocycles. The molecule has 0 spiro atoms. The third-order valence-electron chi connectivity index (χ3n) is 3.93. The summed E-state index contributed by atoms with van der Waals surface area (Å²) >= 11 is 1.50. The second-order valence-electron chi connectivity index (χ2n) is 6.03. The summed E-state index contributed by atoms with van der Waals surface area (Å²) in [5.41, 5.74) is 0.884. The van der Waals surface area contributed by atoms with Gasteiger partial charge in [-0.2, -0.15) is 5.10 Å². The number of rotatable bonds is 3. The molecule has 1 amide bonds. The summed E-state index contributed by atoms with van der Waals surface area (Å²) in [4.78, 5) is 20.9. The number of aliphatic hydroxyl groups is 1. The maximum Gasteiger partial charge on any atom is 0.222 e. The SMILES string of the molecule is CC(=O)Nc1ccc(-c2nn(C)c(=NC3CCC[C@@H](O)C3)s2)cn1. The first-order valence-corrected chi connectivity index (χ1v) is 8.83. The average Bonchev–Trinajstić information content (AvgIpc) is 2.88. The van der Waals surface area contributed by atoms with Crippen LogP contribution in [0.1, 0.15) is 32.6 Å². The van der Waals surface area contributed by atoms with Gasteiger partial charge in [-0.1, -0.05) is 11.3 Å². The molecule has 7 nitrogen and oxygen atoms in total. The van der Waals surface area contributed by atoms with Crippen LogP contribution in [0.3, 0.4) is 0 Å². The molecule has 0 aromatic carbocycles. The Labute approximate surface area is 144 Å². The molecule has 128 valence electrons. The minimum atomic E-state index is -0.240. The number of carbonyl (C=O) groups is 1. The van der Waals surface area contributed by atoms with Gasteiger partial charge in [0.2, 0.25) is 10.7 Å². The number of nitrogens with zero attached hydrogens (tertiary/aromatic N) is 4. The molecule has 8 heteroatoms. The summed E-state index contributed by atoms with van der Waals surface area (Å²) in [7, 11) is 1.87. The summed E-state index contributed by atoms with van der Waals surface area (Å²) in [5.74, 6) is 0.375. The number of aliphatic hydroxyl groups excluding tert-OH is 1. The van der Waals surface area contributed by atoms with Gasteiger partial charge in [0.05, 0.1) is 12.1 Å². The predicted molar refractivity (Wildman–Crippen MR) is 92.4 cm³/mol. The number of hydrogen-bond acceptors (Lipinski definition) is 6. The van der Waals surface area contributed by atoms with Gasteiger partial charge in [-0.25, -0.2) is 9.67 Å². The zero-order chi connectivity index (χ0) is 17.1. The van der Waals surface area contributed by atoms with Gasteiger partial charge < -0.3 is 10.4 Å². The molecule has 1 aliphatic carbocycles. The Morgan fingerprint density at radius 2 is 2.29 bits per heavy atom. The van der Waals surface area contributed by atoms with Crippen LogP contribution in [0.4, 0.5) is 5.82 Å². The minimum Gasteiger partial charge on any atom is -0.393 e. The quantitative estimate of drug-likeness (QED) is 0.884. The first kappa shape index (κ1) is 16.8. The van der Waals surface area contributed by atoms with Crippen molar-refractivity contribution in [3.05, 3.63) is 23.1 Å². The van der Waals surface area contributed by atoms with Crippen molar-refractivity contribution in [3.63, 3.8) is 0 Å². The Kier molecular flexibility index (Phi) is 5.06. The van der Waals surface area contributed by atoms with Gasteiger partial charge in [0.25, 0.3) is 0 Å². The Balaban J connectivity index is 1.81. The van der Waals surface area contributed by atoms with Crippen LogP contribution < -0.4 is 10.1 Å². The number of carbonyl (C=O) groups excluding carboxylic acids is 1. The van der Waals surface area contributed by atoms with Gasteiger partial charge in [0.1, 0.15) is 10.8 Å². The third-order valence-corrected chi connectivity index (χ3v) is 4.99. The fourth-order valence-electron chi connectivity index (χ4n) is 2.77. The van der Waals surface area contributed by atoms with Crippen LogP contribution in [-0.4, -0.2) is 37.9 Å². The highest BCUT2D eigenvalue weighted by molar-refractivity contribution is 7.12. The summed E-state index contributed by atoms with van der Waals surface area (Å²) in [5, 5.41) is 17.8. The molecule has 1 aliphatic rings. The van der Waals surface area contributed by atoms with Crippen LogP contribution in [0.5, 0.6) is 0 Å². The van der Waals surface area contributed by atoms with Crippen molar-refractivity contribution in [1.82, 2.24) is 14.8 Å². The summed E-state index contributed by atoms with van der Waals surface area (Å²) in [6.45, 7) is 1.45. The van der Waals surface area contributed by atoms with Crippen molar-refractivity contribution in [2.45, 2.75) is 44.8 Å². The minimum absolute atomic E-state index is 0.147. The van der Waals surface area contributed by atoms with E-state index in [1.807, 2.05) is 13.1 Å². The normalized spacial score (nSPS) is 21.7. The molecule has 2 N–H and O–H groups in total. The van der Waals surface area contributed by atoms with Gasteiger partial charge in [-0.3, -0.25) is 9.79 Å². The van der Waals surface area contributed by atoms with Crippen LogP contribution in [-0.2, 0) is 11.8 Å². The summed E-state index contributed by atoms with van der Waals surface area (Å²) in [6.07, 6.45) is 5.07. The lowest BCUT2D eigenvalue weighted by molar-refractivity contribution is -0.114. The second kappa shape index (κ2) is 7.23. The predicted octanol–water partition coefficient (Wildman–Crippen LogP) is 1.71. The molecule has 3 rings (SSSR count). The van der Waals surface area contributed by atoms with Crippen LogP contribution in [0.15, 0.2) is 23.3 Å². The topological polar surface area (TPSA) is 92.4 Å². The lowest BCUT2D eigenvalue weighted by atomic mass is 9.94. The zero-order valence-electron chi connectivity index (χ0n) is 13.8. The van der Waals surface area contributed by atoms with Crippen molar-refractivity contribution in [3.8, 4) is 10.6 Å². The molecule has 0 bridgehead atoms. The fourth-order valence-corrected chi connectivity index (χ4v) is 3.72. The number of nitrogens with one attached hydrogen (secondary N) is 1. The van der Waals surface area contributed by atoms with Gasteiger partial charge in [0.15, 0.2) is 0 Å². The van der Waals surface area contributed by atoms with Crippen molar-refractivity contribution in [2.24, 2.45) is 12.0 Å². The first-order chi connectivity index (χ1) is 11.5. The Hall–Kier alpha value is -2.06. The smallest absolute Gasteiger partial charge is 0.222 e. The molecule has 24 heavy (non-hydrogen) atoms. The molecule has 1 saturated carbocycles. The first-order valence-electron chi connectivity index (χ1n) is 8.01. The number of hydrogen-bond donors (Lipinski definition) is 2. The average molecular weight is 347 g/mol. The molecule has 1 fully saturated rings. The van der Waals surface area contributed by atoms with Gasteiger partial charge >= 0.3 is 0 Å². The van der Waals surface area contributed by atoms with E-state index >= 15 is 0 Å². The maximum atomic E-state index is 11.0. The lowest BCUT2D eigenvalue weighted by Gasteiger charge is -2.22. The summed E-state index contributed by atoms with van der Waals surface area (Å²) < 4.78 is 1.77. The molecule has 2 atom stereocenters. The number of aryl methyl sites for hydroxylation is 1. The second-order valence-corrected chi connectivity index (χ2v) is 6.99. The van der Waals surface area contributed by atoms with E-state index in [0.717, 1.165) is 41.1 Å². The van der Waals surface area contributed by atoms with Gasteiger partial charge in [-0.05, 0) is 37.8 Å². The Morgan fingerprint density at radius 1 is 1.46 bits per heavy atom. The maximum absolute atomic E-state index is 11.0. The number of pyridine rings is 1. The van der Waals surface area contributed by atoms with Crippen molar-refractivity contribution in [2.75, 3.05) is 5.32 Å². The molecular formula is C16H21N5O2S. The Morgan fingerprint density at radius 3 is 2.96 bits per heavy atom. The van der Waals surface area contributed by atoms with Crippen molar-refractivity contribution in [1.29, 1.82) is 0 Å². The van der Waals surface area contributed by atoms with Crippen LogP contribution in [0.2, 0.25) is 0 Å². The molecular weight excluding hydrogens is 326 g/mol. The number of anilines is 1. The lowest BCUT2D eigenvalue weighted by Crippen LogP contribution is -2.25. The van der Waals surface area contributed by atoms with E-state index in [2.05, 4.69) is 15.4 Å². The van der Waals surface area contributed by atoms with Gasteiger partial charge in [0, 0.05) is 25.7 Å². The largest absolute Gasteiger partial charge is 0.393 e. The van der Waals surface area contributed by atoms with Crippen molar-refractivity contribution < 1.29 is 9.90 Å². The molecule has 2 aromatic heterocycles. The molecule has 0 aliphatic heterocycles. The Bertz CT molecular complexity index is 781. The number of amides is 1. The molecule has 2 aromatic rings. The monoisotopic (exact) mass is 347 g/mol. The summed E-state index contributed by atoms with van der Waals surface area (Å²) in [6, 6.07) is 3.80. The fraction of sp³-hybridized carbons (Fsp3) is 0.500. The zero-order valence-corrected chi connectivity index (χ0v) is 14.6. The molecule has 0 radical (unpaired) electrons. The third kappa shape index (κ3) is 4.07. The number of aromatic nitrogens is 3. The highest BCUT2D eigenvalue weighted by Gasteiger charge is 2.19. The molecule has 1 unspecified atom stereocenters. The van der Waals surface area contributed by atoms with E-state index in [4.69, 9.17) is 4.99 Å². The van der Waals surface area contributed by atoms with E-state index in [9.17, 15) is 9.90 Å². The highest BCUT2D eigenvalue weighted by atomic mass is 32.1. The highest BCUT2D eigenvalue weighted by Crippen LogP contribution is 2.22. The van der Waals surface area contributed by atoms with E-state index in [1.54, 1.807) is 16.9 Å². The van der Waals surface area contributed by atoms with E-state index in [0.29, 0.717) is 5.82 Å². The van der Waals surface area contributed by atoms with Crippen molar-refractivity contribution >= 4 is 23.1 Å². The molecule has 2 heterocycles.